The summed E-state index contributed by atoms with van der Waals surface area (Å²) < 4.78 is 16.9. The molecule has 2 atom stereocenters. The van der Waals surface area contributed by atoms with E-state index in [0.29, 0.717) is 19.3 Å². The number of carboxylic acids is 1. The first-order valence-corrected chi connectivity index (χ1v) is 18.3. The van der Waals surface area contributed by atoms with Crippen LogP contribution in [0.1, 0.15) is 97.3 Å². The highest BCUT2D eigenvalue weighted by molar-refractivity contribution is 5.72. The first kappa shape index (κ1) is 46.2. The van der Waals surface area contributed by atoms with E-state index >= 15 is 0 Å². The molecule has 2 unspecified atom stereocenters. The molecule has 0 aliphatic heterocycles. The third kappa shape index (κ3) is 30.3. The molecule has 50 heavy (non-hydrogen) atoms. The molecule has 1 N–H and O–H groups in total. The van der Waals surface area contributed by atoms with Gasteiger partial charge in [-0.25, -0.2) is 4.79 Å². The van der Waals surface area contributed by atoms with Gasteiger partial charge in [-0.2, -0.15) is 0 Å². The van der Waals surface area contributed by atoms with Crippen LogP contribution in [0.15, 0.2) is 97.2 Å². The van der Waals surface area contributed by atoms with Gasteiger partial charge in [-0.05, 0) is 64.2 Å². The lowest BCUT2D eigenvalue weighted by Gasteiger charge is -2.31. The number of nitrogens with zero attached hydrogens (tertiary/aromatic N) is 1. The van der Waals surface area contributed by atoms with Gasteiger partial charge in [-0.1, -0.05) is 111 Å². The minimum Gasteiger partial charge on any atom is -0.477 e. The Bertz CT molecular complexity index is 1140. The fourth-order valence-electron chi connectivity index (χ4n) is 4.47. The van der Waals surface area contributed by atoms with Gasteiger partial charge in [0.25, 0.3) is 0 Å². The number of likely N-dealkylation sites (N-methyl/N-ethyl adjacent to an activating group) is 1. The average Bonchev–Trinajstić information content (AvgIpc) is 3.06. The molecule has 0 bridgehead atoms. The molecule has 0 aromatic rings. The van der Waals surface area contributed by atoms with Gasteiger partial charge in [0.2, 0.25) is 0 Å². The lowest BCUT2D eigenvalue weighted by molar-refractivity contribution is -0.887. The number of allylic oxidation sites excluding steroid dienone is 16. The van der Waals surface area contributed by atoms with E-state index in [9.17, 15) is 19.5 Å². The van der Waals surface area contributed by atoms with Crippen LogP contribution >= 0.6 is 0 Å². The van der Waals surface area contributed by atoms with Crippen molar-refractivity contribution >= 4 is 17.9 Å². The van der Waals surface area contributed by atoms with Crippen molar-refractivity contribution in [2.45, 2.75) is 109 Å². The number of hydrogen-bond acceptors (Lipinski definition) is 6. The summed E-state index contributed by atoms with van der Waals surface area (Å²) in [7, 11) is 5.45. The van der Waals surface area contributed by atoms with Gasteiger partial charge in [-0.3, -0.25) is 9.59 Å². The van der Waals surface area contributed by atoms with Crippen LogP contribution in [0.5, 0.6) is 0 Å². The predicted octanol–water partition coefficient (Wildman–Crippen LogP) is 9.18. The van der Waals surface area contributed by atoms with E-state index in [0.717, 1.165) is 51.4 Å². The van der Waals surface area contributed by atoms with Crippen LogP contribution in [0.3, 0.4) is 0 Å². The number of carbonyl (C=O) groups is 3. The highest BCUT2D eigenvalue weighted by Crippen LogP contribution is 2.10. The first-order valence-electron chi connectivity index (χ1n) is 18.3. The zero-order valence-electron chi connectivity index (χ0n) is 31.5. The zero-order valence-corrected chi connectivity index (χ0v) is 31.5. The van der Waals surface area contributed by atoms with Crippen molar-refractivity contribution < 1.29 is 38.2 Å². The summed E-state index contributed by atoms with van der Waals surface area (Å²) in [5.74, 6) is -1.69. The highest BCUT2D eigenvalue weighted by Gasteiger charge is 2.31. The van der Waals surface area contributed by atoms with Gasteiger partial charge < -0.3 is 23.8 Å². The largest absolute Gasteiger partial charge is 0.477 e. The number of ether oxygens (including phenoxy) is 3. The number of aliphatic carboxylic acids is 1. The second-order valence-corrected chi connectivity index (χ2v) is 12.7. The van der Waals surface area contributed by atoms with Crippen molar-refractivity contribution in [3.05, 3.63) is 97.2 Å². The van der Waals surface area contributed by atoms with Crippen LogP contribution < -0.4 is 0 Å². The molecule has 0 heterocycles. The summed E-state index contributed by atoms with van der Waals surface area (Å²) >= 11 is 0. The standard InChI is InChI=1S/C42H65NO7/c1-6-8-10-12-14-15-16-17-18-19-20-21-22-23-24-25-27-29-31-33-41(45)50-38(36-48-35-34-39(42(46)47)43(3,4)5)37-49-40(44)32-30-28-26-13-11-9-7-2/h8-11,14-15,17-18,20-21,23-24,26-29,38-39H,6-7,12-13,16,19,22,25,30-37H2,1-5H3/p+1/b10-8+,11-9+,15-14+,18-17+,21-20+,24-23+,28-26+,29-27+. The first-order chi connectivity index (χ1) is 24.1. The Morgan fingerprint density at radius 3 is 1.38 bits per heavy atom. The number of rotatable bonds is 30. The Kier molecular flexibility index (Phi) is 30.0. The van der Waals surface area contributed by atoms with E-state index in [-0.39, 0.29) is 43.1 Å². The third-order valence-corrected chi connectivity index (χ3v) is 7.26. The summed E-state index contributed by atoms with van der Waals surface area (Å²) in [5.41, 5.74) is 0. The van der Waals surface area contributed by atoms with Crippen molar-refractivity contribution in [1.29, 1.82) is 0 Å². The number of esters is 2. The van der Waals surface area contributed by atoms with E-state index in [1.54, 1.807) is 0 Å². The molecule has 0 amide bonds. The molecule has 0 rings (SSSR count). The Morgan fingerprint density at radius 2 is 0.980 bits per heavy atom. The van der Waals surface area contributed by atoms with Crippen molar-refractivity contribution in [2.24, 2.45) is 0 Å². The lowest BCUT2D eigenvalue weighted by Crippen LogP contribution is -2.50. The highest BCUT2D eigenvalue weighted by atomic mass is 16.6. The summed E-state index contributed by atoms with van der Waals surface area (Å²) in [4.78, 5) is 36.5. The topological polar surface area (TPSA) is 99.1 Å². The predicted molar refractivity (Wildman–Crippen MR) is 206 cm³/mol. The maximum absolute atomic E-state index is 12.6. The maximum Gasteiger partial charge on any atom is 0.362 e. The van der Waals surface area contributed by atoms with E-state index < -0.39 is 24.1 Å². The van der Waals surface area contributed by atoms with Crippen molar-refractivity contribution in [2.75, 3.05) is 41.0 Å². The molecule has 0 aromatic heterocycles. The van der Waals surface area contributed by atoms with E-state index in [2.05, 4.69) is 86.8 Å². The SMILES string of the molecule is CC/C=C/C/C=C/C/C=C/C/C=C/C/C=C/C/C=C/CCC(=O)OC(COCCC(C(=O)O)[N+](C)(C)C)COC(=O)CC/C=C/C/C=C/CC. The Morgan fingerprint density at radius 1 is 0.580 bits per heavy atom. The Hall–Kier alpha value is -3.75. The minimum absolute atomic E-state index is 0.00603. The van der Waals surface area contributed by atoms with Gasteiger partial charge in [0.15, 0.2) is 12.1 Å². The maximum atomic E-state index is 12.6. The quantitative estimate of drug-likeness (QED) is 0.0346. The third-order valence-electron chi connectivity index (χ3n) is 7.26. The van der Waals surface area contributed by atoms with E-state index in [1.165, 1.54) is 0 Å². The minimum atomic E-state index is -0.900. The van der Waals surface area contributed by atoms with Gasteiger partial charge in [0.1, 0.15) is 6.61 Å². The molecule has 0 saturated carbocycles. The summed E-state index contributed by atoms with van der Waals surface area (Å²) in [6, 6.07) is -0.638. The fraction of sp³-hybridized carbons (Fsp3) is 0.548. The van der Waals surface area contributed by atoms with Crippen LogP contribution in [0.25, 0.3) is 0 Å². The molecule has 280 valence electrons. The normalized spacial score (nSPS) is 14.2. The van der Waals surface area contributed by atoms with E-state index in [4.69, 9.17) is 14.2 Å². The van der Waals surface area contributed by atoms with Crippen molar-refractivity contribution in [3.63, 3.8) is 0 Å². The molecule has 0 aliphatic rings. The van der Waals surface area contributed by atoms with E-state index in [1.807, 2.05) is 45.4 Å². The molecular formula is C42H66NO7+. The van der Waals surface area contributed by atoms with Gasteiger partial charge in [0.05, 0.1) is 34.4 Å². The molecule has 0 radical (unpaired) electrons. The molecule has 0 spiro atoms. The molecule has 8 nitrogen and oxygen atoms in total. The summed E-state index contributed by atoms with van der Waals surface area (Å²) in [6.45, 7) is 4.28. The second kappa shape index (κ2) is 32.5. The smallest absolute Gasteiger partial charge is 0.362 e. The van der Waals surface area contributed by atoms with Crippen LogP contribution in [0, 0.1) is 0 Å². The molecule has 0 aliphatic carbocycles. The number of hydrogen-bond donors (Lipinski definition) is 1. The molecule has 0 saturated heterocycles. The van der Waals surface area contributed by atoms with Gasteiger partial charge in [-0.15, -0.1) is 0 Å². The van der Waals surface area contributed by atoms with Crippen LogP contribution in [-0.4, -0.2) is 80.6 Å². The lowest BCUT2D eigenvalue weighted by atomic mass is 10.1. The van der Waals surface area contributed by atoms with Crippen molar-refractivity contribution in [1.82, 2.24) is 0 Å². The number of carboxylic acid groups (broad SMARTS) is 1. The van der Waals surface area contributed by atoms with Crippen molar-refractivity contribution in [3.8, 4) is 0 Å². The fourth-order valence-corrected chi connectivity index (χ4v) is 4.47. The summed E-state index contributed by atoms with van der Waals surface area (Å²) in [6.07, 6.45) is 42.2. The van der Waals surface area contributed by atoms with Gasteiger partial charge in [0, 0.05) is 19.3 Å². The van der Waals surface area contributed by atoms with Gasteiger partial charge >= 0.3 is 17.9 Å². The number of carbonyl (C=O) groups excluding carboxylic acids is 2. The monoisotopic (exact) mass is 696 g/mol. The average molecular weight is 697 g/mol. The second-order valence-electron chi connectivity index (χ2n) is 12.7. The van der Waals surface area contributed by atoms with Crippen LogP contribution in [0.2, 0.25) is 0 Å². The Balaban J connectivity index is 4.58. The zero-order chi connectivity index (χ0) is 37.1. The van der Waals surface area contributed by atoms with Crippen LogP contribution in [-0.2, 0) is 28.6 Å². The number of quaternary nitrogens is 1. The Labute approximate surface area is 303 Å². The molecular weight excluding hydrogens is 630 g/mol. The van der Waals surface area contributed by atoms with Crippen LogP contribution in [0.4, 0.5) is 0 Å². The molecule has 8 heteroatoms. The summed E-state index contributed by atoms with van der Waals surface area (Å²) in [5, 5.41) is 9.55. The molecule has 0 aromatic carbocycles. The molecule has 0 fully saturated rings.